The number of alkyl halides is 9. The number of hydrogen-bond donors (Lipinski definition) is 3. The molecule has 0 bridgehead atoms. The third-order valence-electron chi connectivity index (χ3n) is 6.10. The lowest BCUT2D eigenvalue weighted by atomic mass is 10.2. The highest BCUT2D eigenvalue weighted by Crippen LogP contribution is 2.26. The molecule has 0 saturated carbocycles. The molecular formula is C28H24ClF9N6O6. The SMILES string of the molecule is Clc1ccc(CN2CCN(c3nccn4c(-c5ccncc5)cnc34)CC2)cc1.O=C(O)C(F)(F)F.O=C(O)C(F)(F)F.O=C(O)C(F)(F)F. The fourth-order valence-electron chi connectivity index (χ4n) is 3.83. The minimum absolute atomic E-state index is 0.781. The number of hydrogen-bond acceptors (Lipinski definition) is 8. The van der Waals surface area contributed by atoms with E-state index in [-0.39, 0.29) is 0 Å². The molecule has 0 spiro atoms. The average Bonchev–Trinajstić information content (AvgIpc) is 3.47. The van der Waals surface area contributed by atoms with Crippen LogP contribution in [-0.2, 0) is 20.9 Å². The maximum atomic E-state index is 10.6. The Morgan fingerprint density at radius 3 is 1.60 bits per heavy atom. The summed E-state index contributed by atoms with van der Waals surface area (Å²) < 4.78 is 97.3. The van der Waals surface area contributed by atoms with Crippen molar-refractivity contribution >= 4 is 41.0 Å². The molecule has 0 unspecified atom stereocenters. The molecule has 22 heteroatoms. The summed E-state index contributed by atoms with van der Waals surface area (Å²) in [5.74, 6) is -7.33. The fraction of sp³-hybridized carbons (Fsp3) is 0.286. The van der Waals surface area contributed by atoms with Gasteiger partial charge in [0, 0.05) is 68.1 Å². The average molecular weight is 747 g/mol. The van der Waals surface area contributed by atoms with Crippen LogP contribution in [0.3, 0.4) is 0 Å². The Morgan fingerprint density at radius 1 is 0.700 bits per heavy atom. The molecule has 0 aliphatic carbocycles. The lowest BCUT2D eigenvalue weighted by Crippen LogP contribution is -2.46. The van der Waals surface area contributed by atoms with Crippen LogP contribution in [0.5, 0.6) is 0 Å². The van der Waals surface area contributed by atoms with Crippen LogP contribution in [0.1, 0.15) is 5.56 Å². The van der Waals surface area contributed by atoms with Crippen LogP contribution in [0, 0.1) is 0 Å². The van der Waals surface area contributed by atoms with Crippen LogP contribution < -0.4 is 4.90 Å². The zero-order chi connectivity index (χ0) is 37.9. The summed E-state index contributed by atoms with van der Waals surface area (Å²) in [4.78, 5) is 44.9. The first-order chi connectivity index (χ1) is 23.1. The monoisotopic (exact) mass is 746 g/mol. The first-order valence-corrected chi connectivity index (χ1v) is 13.8. The molecule has 1 aliphatic rings. The van der Waals surface area contributed by atoms with Gasteiger partial charge < -0.3 is 20.2 Å². The molecule has 0 atom stereocenters. The predicted octanol–water partition coefficient (Wildman–Crippen LogP) is 5.67. The smallest absolute Gasteiger partial charge is 0.475 e. The summed E-state index contributed by atoms with van der Waals surface area (Å²) in [7, 11) is 0. The second-order valence-corrected chi connectivity index (χ2v) is 10.1. The number of benzene rings is 1. The van der Waals surface area contributed by atoms with Gasteiger partial charge in [0.1, 0.15) is 0 Å². The van der Waals surface area contributed by atoms with Crippen molar-refractivity contribution in [2.75, 3.05) is 31.1 Å². The third kappa shape index (κ3) is 13.0. The van der Waals surface area contributed by atoms with Gasteiger partial charge in [0.15, 0.2) is 11.5 Å². The number of halogens is 10. The number of anilines is 1. The van der Waals surface area contributed by atoms with Crippen molar-refractivity contribution in [2.24, 2.45) is 0 Å². The quantitative estimate of drug-likeness (QED) is 0.221. The Kier molecular flexibility index (Phi) is 14.3. The molecule has 0 radical (unpaired) electrons. The molecule has 12 nitrogen and oxygen atoms in total. The highest BCUT2D eigenvalue weighted by atomic mass is 35.5. The van der Waals surface area contributed by atoms with Gasteiger partial charge in [-0.1, -0.05) is 23.7 Å². The van der Waals surface area contributed by atoms with Crippen molar-refractivity contribution in [3.05, 3.63) is 78.0 Å². The van der Waals surface area contributed by atoms with Crippen LogP contribution in [0.2, 0.25) is 5.02 Å². The standard InChI is InChI=1S/C22H21ClN6.3C2HF3O2/c23-19-3-1-17(2-4-19)16-27-11-13-28(14-12-27)21-22-26-15-20(29(22)10-9-25-21)18-5-7-24-8-6-18;3*3-2(4,5)1(6)7/h1-10,15H,11-14,16H2;3*(H,6,7). The predicted molar refractivity (Wildman–Crippen MR) is 156 cm³/mol. The van der Waals surface area contributed by atoms with E-state index in [1.54, 1.807) is 12.4 Å². The molecule has 272 valence electrons. The summed E-state index contributed by atoms with van der Waals surface area (Å²) in [5.41, 5.74) is 4.33. The van der Waals surface area contributed by atoms with Crippen molar-refractivity contribution < 1.29 is 69.2 Å². The molecule has 1 saturated heterocycles. The third-order valence-corrected chi connectivity index (χ3v) is 6.36. The van der Waals surface area contributed by atoms with Crippen LogP contribution in [0.25, 0.3) is 16.9 Å². The molecule has 1 fully saturated rings. The fourth-order valence-corrected chi connectivity index (χ4v) is 3.96. The lowest BCUT2D eigenvalue weighted by molar-refractivity contribution is -0.193. The summed E-state index contributed by atoms with van der Waals surface area (Å²) in [5, 5.41) is 22.2. The molecule has 50 heavy (non-hydrogen) atoms. The topological polar surface area (TPSA) is 161 Å². The number of rotatable bonds is 4. The van der Waals surface area contributed by atoms with Crippen LogP contribution in [0.15, 0.2) is 67.4 Å². The number of carboxylic acid groups (broad SMARTS) is 3. The maximum Gasteiger partial charge on any atom is 0.490 e. The molecule has 0 amide bonds. The zero-order valence-corrected chi connectivity index (χ0v) is 25.7. The maximum absolute atomic E-state index is 10.6. The van der Waals surface area contributed by atoms with Crippen LogP contribution in [-0.4, -0.2) is 102 Å². The molecule has 3 aromatic heterocycles. The molecular weight excluding hydrogens is 723 g/mol. The largest absolute Gasteiger partial charge is 0.490 e. The first kappa shape index (κ1) is 41.0. The second kappa shape index (κ2) is 17.5. The van der Waals surface area contributed by atoms with E-state index in [4.69, 9.17) is 41.3 Å². The molecule has 4 heterocycles. The highest BCUT2D eigenvalue weighted by molar-refractivity contribution is 6.30. The summed E-state index contributed by atoms with van der Waals surface area (Å²) >= 11 is 5.99. The number of imidazole rings is 1. The van der Waals surface area contributed by atoms with Crippen LogP contribution in [0.4, 0.5) is 45.3 Å². The van der Waals surface area contributed by atoms with Gasteiger partial charge in [0.25, 0.3) is 0 Å². The minimum atomic E-state index is -5.08. The zero-order valence-electron chi connectivity index (χ0n) is 24.9. The molecule has 3 N–H and O–H groups in total. The number of carboxylic acids is 3. The van der Waals surface area contributed by atoms with E-state index in [0.717, 1.165) is 60.5 Å². The molecule has 1 aliphatic heterocycles. The van der Waals surface area contributed by atoms with Gasteiger partial charge in [0.2, 0.25) is 0 Å². The Balaban J connectivity index is 0.000000338. The normalized spacial score (nSPS) is 13.5. The van der Waals surface area contributed by atoms with Gasteiger partial charge >= 0.3 is 36.4 Å². The van der Waals surface area contributed by atoms with Gasteiger partial charge in [-0.25, -0.2) is 24.4 Å². The summed E-state index contributed by atoms with van der Waals surface area (Å²) in [6.45, 7) is 4.78. The van der Waals surface area contributed by atoms with Crippen molar-refractivity contribution in [3.8, 4) is 11.3 Å². The van der Waals surface area contributed by atoms with Gasteiger partial charge in [-0.2, -0.15) is 39.5 Å². The molecule has 4 aromatic rings. The number of fused-ring (bicyclic) bond motifs is 1. The van der Waals surface area contributed by atoms with Gasteiger partial charge in [-0.3, -0.25) is 14.3 Å². The van der Waals surface area contributed by atoms with Gasteiger partial charge in [-0.05, 0) is 29.8 Å². The Hall–Kier alpha value is -5.18. The van der Waals surface area contributed by atoms with Crippen molar-refractivity contribution in [2.45, 2.75) is 25.1 Å². The molecule has 5 rings (SSSR count). The van der Waals surface area contributed by atoms with Crippen molar-refractivity contribution in [1.29, 1.82) is 0 Å². The van der Waals surface area contributed by atoms with E-state index in [1.807, 2.05) is 42.9 Å². The van der Waals surface area contributed by atoms with E-state index in [2.05, 4.69) is 41.3 Å². The van der Waals surface area contributed by atoms with E-state index in [0.29, 0.717) is 0 Å². The van der Waals surface area contributed by atoms with Gasteiger partial charge in [-0.15, -0.1) is 0 Å². The number of aromatic nitrogens is 4. The van der Waals surface area contributed by atoms with Crippen molar-refractivity contribution in [1.82, 2.24) is 24.3 Å². The summed E-state index contributed by atoms with van der Waals surface area (Å²) in [6.07, 6.45) is -5.91. The van der Waals surface area contributed by atoms with E-state index in [1.165, 1.54) is 5.56 Å². The lowest BCUT2D eigenvalue weighted by Gasteiger charge is -2.35. The number of aliphatic carboxylic acids is 3. The first-order valence-electron chi connectivity index (χ1n) is 13.5. The summed E-state index contributed by atoms with van der Waals surface area (Å²) in [6, 6.07) is 12.1. The Labute approximate surface area is 280 Å². The van der Waals surface area contributed by atoms with Gasteiger partial charge in [0.05, 0.1) is 11.9 Å². The van der Waals surface area contributed by atoms with Crippen molar-refractivity contribution in [3.63, 3.8) is 0 Å². The highest BCUT2D eigenvalue weighted by Gasteiger charge is 2.39. The number of pyridine rings is 1. The van der Waals surface area contributed by atoms with E-state index >= 15 is 0 Å². The van der Waals surface area contributed by atoms with E-state index in [9.17, 15) is 39.5 Å². The van der Waals surface area contributed by atoms with Crippen LogP contribution >= 0.6 is 11.6 Å². The Bertz CT molecular complexity index is 1650. The number of nitrogens with zero attached hydrogens (tertiary/aromatic N) is 6. The number of piperazine rings is 1. The molecule has 1 aromatic carbocycles. The number of carbonyl (C=O) groups is 3. The Morgan fingerprint density at radius 2 is 1.16 bits per heavy atom. The second-order valence-electron chi connectivity index (χ2n) is 9.62. The minimum Gasteiger partial charge on any atom is -0.475 e. The van der Waals surface area contributed by atoms with E-state index < -0.39 is 36.4 Å².